The van der Waals surface area contributed by atoms with Gasteiger partial charge in [-0.1, -0.05) is 0 Å². The van der Waals surface area contributed by atoms with Crippen LogP contribution in [0.15, 0.2) is 24.3 Å². The summed E-state index contributed by atoms with van der Waals surface area (Å²) in [6, 6.07) is 6.86. The summed E-state index contributed by atoms with van der Waals surface area (Å²) in [4.78, 5) is 24.2. The molecule has 1 radical (unpaired) electrons. The van der Waals surface area contributed by atoms with Gasteiger partial charge in [0.15, 0.2) is 0 Å². The van der Waals surface area contributed by atoms with Crippen molar-refractivity contribution in [3.8, 4) is 0 Å². The van der Waals surface area contributed by atoms with Gasteiger partial charge in [0.25, 0.3) is 0 Å². The van der Waals surface area contributed by atoms with Crippen molar-refractivity contribution in [3.05, 3.63) is 35.4 Å². The Labute approximate surface area is 83.5 Å². The first kappa shape index (κ1) is 8.48. The number of carbonyl (C=O) groups is 2. The van der Waals surface area contributed by atoms with Gasteiger partial charge in [-0.05, 0) is 0 Å². The number of hydrogen-bond acceptors (Lipinski definition) is 2. The third-order valence-electron chi connectivity index (χ3n) is 2.01. The monoisotopic (exact) mass is 240 g/mol. The van der Waals surface area contributed by atoms with E-state index in [0.717, 1.165) is 0 Å². The normalized spacial score (nSPS) is 15.0. The molecule has 3 nitrogen and oxygen atoms in total. The molecule has 1 aromatic rings. The molecule has 0 atom stereocenters. The van der Waals surface area contributed by atoms with E-state index in [-0.39, 0.29) is 11.8 Å². The summed E-state index contributed by atoms with van der Waals surface area (Å²) in [6.07, 6.45) is 0. The summed E-state index contributed by atoms with van der Waals surface area (Å²) >= 11 is 2.66. The van der Waals surface area contributed by atoms with E-state index in [1.54, 1.807) is 24.3 Å². The van der Waals surface area contributed by atoms with E-state index in [2.05, 4.69) is 16.0 Å². The van der Waals surface area contributed by atoms with Gasteiger partial charge in [0.2, 0.25) is 0 Å². The SMILES string of the molecule is O=C1c2ccccc2C(=O)N1C[Se]. The first-order chi connectivity index (χ1) is 6.25. The van der Waals surface area contributed by atoms with Crippen LogP contribution in [0, 0.1) is 0 Å². The molecule has 0 fully saturated rings. The summed E-state index contributed by atoms with van der Waals surface area (Å²) in [5.74, 6) is -0.418. The average Bonchev–Trinajstić information content (AvgIpc) is 2.41. The van der Waals surface area contributed by atoms with Crippen LogP contribution in [-0.2, 0) is 0 Å². The van der Waals surface area contributed by atoms with Crippen LogP contribution in [0.1, 0.15) is 20.7 Å². The first-order valence-electron chi connectivity index (χ1n) is 3.79. The number of benzene rings is 1. The summed E-state index contributed by atoms with van der Waals surface area (Å²) in [5, 5.41) is 0. The Morgan fingerprint density at radius 2 is 1.54 bits per heavy atom. The fourth-order valence-corrected chi connectivity index (χ4v) is 1.85. The molecule has 0 saturated heterocycles. The van der Waals surface area contributed by atoms with Gasteiger partial charge in [0.05, 0.1) is 0 Å². The van der Waals surface area contributed by atoms with Gasteiger partial charge in [-0.3, -0.25) is 0 Å². The van der Waals surface area contributed by atoms with Crippen molar-refractivity contribution < 1.29 is 9.59 Å². The fourth-order valence-electron chi connectivity index (χ4n) is 1.36. The second kappa shape index (κ2) is 2.98. The predicted octanol–water partition coefficient (Wildman–Crippen LogP) is 0.409. The minimum atomic E-state index is -0.209. The molecule has 2 amide bonds. The van der Waals surface area contributed by atoms with Crippen LogP contribution >= 0.6 is 0 Å². The standard InChI is InChI=1S/C9H6NO2Se/c11-8-6-3-1-2-4-7(6)9(12)10(8)5-13/h1-4H,5H2. The number of rotatable bonds is 1. The summed E-state index contributed by atoms with van der Waals surface area (Å²) < 4.78 is 0. The molecule has 0 spiro atoms. The Morgan fingerprint density at radius 3 is 1.92 bits per heavy atom. The maximum absolute atomic E-state index is 11.5. The second-order valence-corrected chi connectivity index (χ2v) is 3.25. The third-order valence-corrected chi connectivity index (χ3v) is 2.55. The number of fused-ring (bicyclic) bond motifs is 1. The van der Waals surface area contributed by atoms with Crippen molar-refractivity contribution in [1.82, 2.24) is 4.90 Å². The van der Waals surface area contributed by atoms with Crippen LogP contribution in [0.5, 0.6) is 0 Å². The molecular formula is C9H6NO2Se. The topological polar surface area (TPSA) is 37.4 Å². The van der Waals surface area contributed by atoms with Gasteiger partial charge in [-0.2, -0.15) is 0 Å². The molecule has 2 rings (SSSR count). The van der Waals surface area contributed by atoms with Crippen molar-refractivity contribution in [2.45, 2.75) is 0 Å². The van der Waals surface area contributed by atoms with Crippen LogP contribution in [-0.4, -0.2) is 38.2 Å². The van der Waals surface area contributed by atoms with E-state index < -0.39 is 0 Å². The van der Waals surface area contributed by atoms with Crippen molar-refractivity contribution in [1.29, 1.82) is 0 Å². The zero-order chi connectivity index (χ0) is 9.42. The zero-order valence-corrected chi connectivity index (χ0v) is 8.40. The van der Waals surface area contributed by atoms with Gasteiger partial charge in [0, 0.05) is 0 Å². The average molecular weight is 239 g/mol. The van der Waals surface area contributed by atoms with Crippen molar-refractivity contribution in [2.75, 3.05) is 5.44 Å². The number of imide groups is 1. The van der Waals surface area contributed by atoms with E-state index >= 15 is 0 Å². The maximum atomic E-state index is 11.5. The Morgan fingerprint density at radius 1 is 1.08 bits per heavy atom. The first-order valence-corrected chi connectivity index (χ1v) is 5.00. The molecule has 1 heterocycles. The Kier molecular flexibility index (Phi) is 1.94. The number of hydrogen-bond donors (Lipinski definition) is 0. The Hall–Kier alpha value is -1.12. The van der Waals surface area contributed by atoms with Crippen LogP contribution in [0.25, 0.3) is 0 Å². The van der Waals surface area contributed by atoms with Gasteiger partial charge in [0.1, 0.15) is 0 Å². The van der Waals surface area contributed by atoms with Crippen LogP contribution in [0.2, 0.25) is 0 Å². The number of amides is 2. The van der Waals surface area contributed by atoms with Crippen LogP contribution < -0.4 is 0 Å². The van der Waals surface area contributed by atoms with Crippen molar-refractivity contribution >= 4 is 27.8 Å². The second-order valence-electron chi connectivity index (χ2n) is 2.71. The molecular weight excluding hydrogens is 233 g/mol. The molecule has 13 heavy (non-hydrogen) atoms. The van der Waals surface area contributed by atoms with Gasteiger partial charge >= 0.3 is 83.2 Å². The molecule has 65 valence electrons. The van der Waals surface area contributed by atoms with Gasteiger partial charge in [-0.25, -0.2) is 0 Å². The quantitative estimate of drug-likeness (QED) is 0.525. The fraction of sp³-hybridized carbons (Fsp3) is 0.111. The van der Waals surface area contributed by atoms with Crippen molar-refractivity contribution in [2.24, 2.45) is 0 Å². The van der Waals surface area contributed by atoms with E-state index in [4.69, 9.17) is 0 Å². The predicted molar refractivity (Wildman–Crippen MR) is 47.6 cm³/mol. The summed E-state index contributed by atoms with van der Waals surface area (Å²) in [6.45, 7) is 0. The van der Waals surface area contributed by atoms with Crippen LogP contribution in [0.4, 0.5) is 0 Å². The molecule has 1 aliphatic rings. The van der Waals surface area contributed by atoms with Crippen molar-refractivity contribution in [3.63, 3.8) is 0 Å². The van der Waals surface area contributed by atoms with E-state index in [9.17, 15) is 9.59 Å². The molecule has 0 unspecified atom stereocenters. The number of nitrogens with zero attached hydrogens (tertiary/aromatic N) is 1. The molecule has 0 saturated carbocycles. The van der Waals surface area contributed by atoms with E-state index in [1.165, 1.54) is 4.90 Å². The third kappa shape index (κ3) is 1.10. The molecule has 1 aromatic carbocycles. The zero-order valence-electron chi connectivity index (χ0n) is 6.69. The summed E-state index contributed by atoms with van der Waals surface area (Å²) in [7, 11) is 0. The Balaban J connectivity index is 2.57. The minimum absolute atomic E-state index is 0.209. The van der Waals surface area contributed by atoms with Gasteiger partial charge < -0.3 is 0 Å². The molecule has 0 aliphatic carbocycles. The molecule has 0 bridgehead atoms. The number of carbonyl (C=O) groups excluding carboxylic acids is 2. The van der Waals surface area contributed by atoms with E-state index in [0.29, 0.717) is 16.6 Å². The van der Waals surface area contributed by atoms with E-state index in [1.807, 2.05) is 0 Å². The van der Waals surface area contributed by atoms with Crippen LogP contribution in [0.3, 0.4) is 0 Å². The molecule has 4 heteroatoms. The summed E-state index contributed by atoms with van der Waals surface area (Å²) in [5.41, 5.74) is 1.32. The van der Waals surface area contributed by atoms with Gasteiger partial charge in [-0.15, -0.1) is 0 Å². The molecule has 0 aromatic heterocycles. The Bertz CT molecular complexity index is 354. The molecule has 1 aliphatic heterocycles. The molecule has 0 N–H and O–H groups in total.